The first kappa shape index (κ1) is 22.8. The molecule has 0 radical (unpaired) electrons. The first-order valence-electron chi connectivity index (χ1n) is 9.43. The summed E-state index contributed by atoms with van der Waals surface area (Å²) in [5, 5.41) is 13.6. The predicted molar refractivity (Wildman–Crippen MR) is 120 cm³/mol. The van der Waals surface area contributed by atoms with Crippen molar-refractivity contribution in [2.24, 2.45) is 5.73 Å². The molecule has 1 aromatic heterocycles. The van der Waals surface area contributed by atoms with Crippen LogP contribution in [0, 0.1) is 0 Å². The summed E-state index contributed by atoms with van der Waals surface area (Å²) in [4.78, 5) is 39.3. The number of carbonyl (C=O) groups excluding carboxylic acids is 2. The third kappa shape index (κ3) is 6.06. The third-order valence-electron chi connectivity index (χ3n) is 4.39. The van der Waals surface area contributed by atoms with Gasteiger partial charge in [0.05, 0.1) is 6.42 Å². The van der Waals surface area contributed by atoms with Gasteiger partial charge in [0.1, 0.15) is 0 Å². The van der Waals surface area contributed by atoms with Crippen LogP contribution in [0.5, 0.6) is 0 Å². The molecule has 3 rings (SSSR count). The number of nitrogens with zero attached hydrogens (tertiary/aromatic N) is 1. The van der Waals surface area contributed by atoms with E-state index in [1.54, 1.807) is 54.7 Å². The van der Waals surface area contributed by atoms with Crippen molar-refractivity contribution >= 4 is 40.5 Å². The monoisotopic (exact) mass is 452 g/mol. The molecule has 0 aliphatic carbocycles. The maximum atomic E-state index is 13.2. The van der Waals surface area contributed by atoms with Gasteiger partial charge in [-0.15, -0.1) is 0 Å². The lowest BCUT2D eigenvalue weighted by molar-refractivity contribution is -0.137. The van der Waals surface area contributed by atoms with Gasteiger partial charge in [0.2, 0.25) is 0 Å². The number of aliphatic carboxylic acids is 1. The lowest BCUT2D eigenvalue weighted by atomic mass is 10.1. The second-order valence-corrected chi connectivity index (χ2v) is 8.36. The topological polar surface area (TPSA) is 157 Å². The number of amides is 3. The van der Waals surface area contributed by atoms with Gasteiger partial charge in [-0.1, -0.05) is 18.2 Å². The van der Waals surface area contributed by atoms with Crippen LogP contribution in [0.2, 0.25) is 0 Å². The number of hydrogen-bond donors (Lipinski definition) is 4. The van der Waals surface area contributed by atoms with Gasteiger partial charge in [0.25, 0.3) is 5.91 Å². The van der Waals surface area contributed by atoms with Gasteiger partial charge in [0.15, 0.2) is 10.1 Å². The molecule has 164 valence electrons. The Kier molecular flexibility index (Phi) is 7.42. The lowest BCUT2D eigenvalue weighted by Gasteiger charge is -2.20. The van der Waals surface area contributed by atoms with Crippen LogP contribution in [0.1, 0.15) is 27.6 Å². The van der Waals surface area contributed by atoms with E-state index in [0.29, 0.717) is 21.8 Å². The zero-order valence-electron chi connectivity index (χ0n) is 16.7. The molecular formula is C22H20N4O5S. The number of anilines is 2. The highest BCUT2D eigenvalue weighted by molar-refractivity contribution is 7.91. The van der Waals surface area contributed by atoms with Crippen LogP contribution >= 0.6 is 0 Å². The average Bonchev–Trinajstić information content (AvgIpc) is 2.77. The van der Waals surface area contributed by atoms with E-state index in [1.165, 1.54) is 18.3 Å². The van der Waals surface area contributed by atoms with Gasteiger partial charge in [0, 0.05) is 41.0 Å². The highest BCUT2D eigenvalue weighted by Crippen LogP contribution is 2.32. The molecule has 0 saturated heterocycles. The minimum absolute atomic E-state index is 0.280. The Hall–Kier alpha value is -3.89. The number of pyridine rings is 1. The molecule has 0 spiro atoms. The molecule has 2 aromatic carbocycles. The van der Waals surface area contributed by atoms with Crippen molar-refractivity contribution in [2.45, 2.75) is 16.6 Å². The number of urea groups is 1. The Labute approximate surface area is 186 Å². The fraction of sp³-hybridized carbons (Fsp3) is 0.0909. The van der Waals surface area contributed by atoms with Crippen molar-refractivity contribution < 1.29 is 24.0 Å². The minimum Gasteiger partial charge on any atom is -0.611 e. The van der Waals surface area contributed by atoms with Crippen LogP contribution in [-0.2, 0) is 16.0 Å². The van der Waals surface area contributed by atoms with Crippen molar-refractivity contribution in [3.63, 3.8) is 0 Å². The number of carboxylic acid groups (broad SMARTS) is 1. The Morgan fingerprint density at radius 3 is 2.41 bits per heavy atom. The molecule has 3 amide bonds. The zero-order chi connectivity index (χ0) is 23.1. The van der Waals surface area contributed by atoms with Crippen LogP contribution in [0.3, 0.4) is 0 Å². The summed E-state index contributed by atoms with van der Waals surface area (Å²) in [6.45, 7) is 0. The van der Waals surface area contributed by atoms with Gasteiger partial charge >= 0.3 is 12.0 Å². The summed E-state index contributed by atoms with van der Waals surface area (Å²) in [6.07, 6.45) is 2.70. The highest BCUT2D eigenvalue weighted by atomic mass is 32.2. The summed E-state index contributed by atoms with van der Waals surface area (Å²) in [7, 11) is 0. The van der Waals surface area contributed by atoms with Gasteiger partial charge in [-0.25, -0.2) is 4.79 Å². The van der Waals surface area contributed by atoms with Crippen LogP contribution in [0.25, 0.3) is 0 Å². The average molecular weight is 452 g/mol. The molecule has 2 atom stereocenters. The Morgan fingerprint density at radius 2 is 1.75 bits per heavy atom. The van der Waals surface area contributed by atoms with E-state index in [9.17, 15) is 24.0 Å². The molecular weight excluding hydrogens is 432 g/mol. The van der Waals surface area contributed by atoms with E-state index < -0.39 is 34.3 Å². The van der Waals surface area contributed by atoms with E-state index >= 15 is 0 Å². The van der Waals surface area contributed by atoms with Gasteiger partial charge in [-0.2, -0.15) is 0 Å². The quantitative estimate of drug-likeness (QED) is 0.384. The van der Waals surface area contributed by atoms with Crippen LogP contribution in [0.15, 0.2) is 78.0 Å². The van der Waals surface area contributed by atoms with E-state index in [0.717, 1.165) is 0 Å². The smallest absolute Gasteiger partial charge is 0.316 e. The Balaban J connectivity index is 1.80. The summed E-state index contributed by atoms with van der Waals surface area (Å²) in [6, 6.07) is 15.2. The second kappa shape index (κ2) is 10.4. The molecule has 32 heavy (non-hydrogen) atoms. The number of benzene rings is 2. The largest absolute Gasteiger partial charge is 0.611 e. The molecule has 1 heterocycles. The maximum absolute atomic E-state index is 13.2. The summed E-state index contributed by atoms with van der Waals surface area (Å²) in [5.41, 5.74) is 6.67. The number of nitrogens with one attached hydrogen (secondary N) is 2. The number of rotatable bonds is 8. The van der Waals surface area contributed by atoms with Crippen molar-refractivity contribution in [3.05, 3.63) is 84.2 Å². The molecule has 0 aliphatic rings. The fourth-order valence-corrected chi connectivity index (χ4v) is 4.45. The molecule has 0 bridgehead atoms. The van der Waals surface area contributed by atoms with E-state index in [2.05, 4.69) is 15.6 Å². The van der Waals surface area contributed by atoms with Crippen molar-refractivity contribution in [1.82, 2.24) is 4.98 Å². The maximum Gasteiger partial charge on any atom is 0.316 e. The minimum atomic E-state index is -1.71. The predicted octanol–water partition coefficient (Wildman–Crippen LogP) is 3.15. The number of nitrogens with two attached hydrogens (primary N) is 1. The van der Waals surface area contributed by atoms with Crippen molar-refractivity contribution in [3.8, 4) is 0 Å². The van der Waals surface area contributed by atoms with Gasteiger partial charge < -0.3 is 26.0 Å². The summed E-state index contributed by atoms with van der Waals surface area (Å²) < 4.78 is 13.2. The number of aromatic nitrogens is 1. The molecule has 0 fully saturated rings. The van der Waals surface area contributed by atoms with Crippen molar-refractivity contribution in [2.75, 3.05) is 10.6 Å². The van der Waals surface area contributed by atoms with E-state index in [4.69, 9.17) is 5.73 Å². The first-order chi connectivity index (χ1) is 15.3. The Morgan fingerprint density at radius 1 is 1.03 bits per heavy atom. The zero-order valence-corrected chi connectivity index (χ0v) is 17.5. The van der Waals surface area contributed by atoms with E-state index in [-0.39, 0.29) is 12.0 Å². The molecule has 0 aliphatic heterocycles. The molecule has 2 unspecified atom stereocenters. The lowest BCUT2D eigenvalue weighted by Crippen LogP contribution is -2.20. The highest BCUT2D eigenvalue weighted by Gasteiger charge is 2.30. The molecule has 5 N–H and O–H groups in total. The first-order valence-corrected chi connectivity index (χ1v) is 10.6. The molecule has 0 saturated carbocycles. The summed E-state index contributed by atoms with van der Waals surface area (Å²) >= 11 is -1.71. The normalized spacial score (nSPS) is 12.4. The standard InChI is InChI=1S/C22H20N4O5S/c23-22(30)26-16-6-1-4-14(10-16)21(29)25-17-7-2-8-18(11-17)32(31)19(12-20(27)28)15-5-3-9-24-13-15/h1-11,13,19H,12H2,(H,25,29)(H,27,28)(H3,23,26,30). The Bertz CT molecular complexity index is 1130. The van der Waals surface area contributed by atoms with E-state index in [1.807, 2.05) is 0 Å². The van der Waals surface area contributed by atoms with Crippen LogP contribution in [-0.4, -0.2) is 32.6 Å². The SMILES string of the molecule is NC(=O)Nc1cccc(C(=O)Nc2cccc([S+]([O-])C(CC(=O)O)c3cccnc3)c2)c1. The van der Waals surface area contributed by atoms with Crippen LogP contribution in [0.4, 0.5) is 16.2 Å². The number of carbonyl (C=O) groups is 3. The number of primary amides is 1. The number of carboxylic acids is 1. The van der Waals surface area contributed by atoms with Gasteiger partial charge in [-0.3, -0.25) is 14.6 Å². The molecule has 9 nitrogen and oxygen atoms in total. The van der Waals surface area contributed by atoms with Gasteiger partial charge in [-0.05, 0) is 47.6 Å². The van der Waals surface area contributed by atoms with Crippen LogP contribution < -0.4 is 16.4 Å². The molecule has 3 aromatic rings. The molecule has 10 heteroatoms. The summed E-state index contributed by atoms with van der Waals surface area (Å²) in [5.74, 6) is -1.53. The third-order valence-corrected chi connectivity index (χ3v) is 6.07. The fourth-order valence-electron chi connectivity index (χ4n) is 2.99. The number of hydrogen-bond acceptors (Lipinski definition) is 5. The second-order valence-electron chi connectivity index (χ2n) is 6.72. The van der Waals surface area contributed by atoms with Crippen molar-refractivity contribution in [1.29, 1.82) is 0 Å².